The van der Waals surface area contributed by atoms with Crippen LogP contribution in [0.4, 0.5) is 10.6 Å². The highest BCUT2D eigenvalue weighted by atomic mass is 16.6. The van der Waals surface area contributed by atoms with E-state index >= 15 is 0 Å². The quantitative estimate of drug-likeness (QED) is 0.866. The third-order valence-corrected chi connectivity index (χ3v) is 2.49. The largest absolute Gasteiger partial charge is 0.444 e. The summed E-state index contributed by atoms with van der Waals surface area (Å²) in [6, 6.07) is 1.59. The Bertz CT molecular complexity index is 408. The van der Waals surface area contributed by atoms with Crippen LogP contribution in [0.15, 0.2) is 6.07 Å². The minimum Gasteiger partial charge on any atom is -0.444 e. The van der Waals surface area contributed by atoms with Crippen molar-refractivity contribution in [1.29, 1.82) is 0 Å². The average Bonchev–Trinajstić information content (AvgIpc) is 2.63. The number of anilines is 1. The highest BCUT2D eigenvalue weighted by Gasteiger charge is 2.26. The first-order valence-electron chi connectivity index (χ1n) is 6.01. The van der Waals surface area contributed by atoms with E-state index in [1.54, 1.807) is 18.0 Å². The molecular formula is C12H22N4O2. The number of carbonyl (C=O) groups is 1. The van der Waals surface area contributed by atoms with Crippen LogP contribution in [-0.2, 0) is 4.74 Å². The lowest BCUT2D eigenvalue weighted by Crippen LogP contribution is -2.36. The van der Waals surface area contributed by atoms with E-state index < -0.39 is 5.60 Å². The van der Waals surface area contributed by atoms with Gasteiger partial charge in [-0.3, -0.25) is 5.10 Å². The maximum atomic E-state index is 12.0. The van der Waals surface area contributed by atoms with Crippen molar-refractivity contribution in [2.75, 3.05) is 12.8 Å². The second kappa shape index (κ2) is 5.29. The Hall–Kier alpha value is -1.72. The molecule has 0 saturated heterocycles. The van der Waals surface area contributed by atoms with Crippen molar-refractivity contribution in [3.05, 3.63) is 11.8 Å². The molecule has 0 aliphatic carbocycles. The molecule has 0 spiro atoms. The van der Waals surface area contributed by atoms with E-state index in [1.165, 1.54) is 0 Å². The molecule has 0 bridgehead atoms. The van der Waals surface area contributed by atoms with Gasteiger partial charge in [-0.2, -0.15) is 5.10 Å². The molecule has 0 aliphatic rings. The minimum atomic E-state index is -0.506. The first-order chi connectivity index (χ1) is 8.24. The van der Waals surface area contributed by atoms with Crippen LogP contribution in [0.2, 0.25) is 0 Å². The van der Waals surface area contributed by atoms with Gasteiger partial charge < -0.3 is 15.4 Å². The number of carbonyl (C=O) groups excluding carboxylic acids is 1. The molecule has 0 unspecified atom stereocenters. The molecule has 18 heavy (non-hydrogen) atoms. The zero-order valence-corrected chi connectivity index (χ0v) is 11.7. The number of hydrogen-bond acceptors (Lipinski definition) is 4. The summed E-state index contributed by atoms with van der Waals surface area (Å²) in [7, 11) is 1.70. The SMILES string of the molecule is CC[C@@H](c1cc(N)[nH]n1)N(C)C(=O)OC(C)(C)C. The Labute approximate surface area is 107 Å². The molecule has 1 aromatic rings. The van der Waals surface area contributed by atoms with Crippen molar-refractivity contribution < 1.29 is 9.53 Å². The molecule has 6 heteroatoms. The van der Waals surface area contributed by atoms with Crippen molar-refractivity contribution in [3.63, 3.8) is 0 Å². The number of amides is 1. The third-order valence-electron chi connectivity index (χ3n) is 2.49. The second-order valence-corrected chi connectivity index (χ2v) is 5.26. The van der Waals surface area contributed by atoms with Crippen LogP contribution < -0.4 is 5.73 Å². The van der Waals surface area contributed by atoms with Gasteiger partial charge in [0.1, 0.15) is 11.4 Å². The smallest absolute Gasteiger partial charge is 0.410 e. The van der Waals surface area contributed by atoms with E-state index in [0.717, 1.165) is 12.1 Å². The first kappa shape index (κ1) is 14.3. The summed E-state index contributed by atoms with van der Waals surface area (Å²) in [5.41, 5.74) is 5.83. The predicted molar refractivity (Wildman–Crippen MR) is 70.0 cm³/mol. The van der Waals surface area contributed by atoms with E-state index in [-0.39, 0.29) is 12.1 Å². The topological polar surface area (TPSA) is 84.2 Å². The fraction of sp³-hybridized carbons (Fsp3) is 0.667. The van der Waals surface area contributed by atoms with Gasteiger partial charge in [-0.05, 0) is 27.2 Å². The number of nitrogens with two attached hydrogens (primary N) is 1. The third kappa shape index (κ3) is 3.65. The molecule has 0 aliphatic heterocycles. The normalized spacial score (nSPS) is 13.2. The van der Waals surface area contributed by atoms with Gasteiger partial charge in [0.25, 0.3) is 0 Å². The Morgan fingerprint density at radius 3 is 2.61 bits per heavy atom. The molecule has 0 aromatic carbocycles. The molecule has 1 atom stereocenters. The fourth-order valence-electron chi connectivity index (χ4n) is 1.67. The van der Waals surface area contributed by atoms with Gasteiger partial charge in [-0.15, -0.1) is 0 Å². The molecular weight excluding hydrogens is 232 g/mol. The summed E-state index contributed by atoms with van der Waals surface area (Å²) in [6.07, 6.45) is 0.371. The summed E-state index contributed by atoms with van der Waals surface area (Å²) < 4.78 is 5.33. The van der Waals surface area contributed by atoms with Crippen LogP contribution in [0.5, 0.6) is 0 Å². The second-order valence-electron chi connectivity index (χ2n) is 5.26. The van der Waals surface area contributed by atoms with Gasteiger partial charge in [0.05, 0.1) is 11.7 Å². The Morgan fingerprint density at radius 1 is 1.61 bits per heavy atom. The van der Waals surface area contributed by atoms with Crippen molar-refractivity contribution in [2.24, 2.45) is 0 Å². The number of nitrogen functional groups attached to an aromatic ring is 1. The van der Waals surface area contributed by atoms with Gasteiger partial charge in [0, 0.05) is 13.1 Å². The highest BCUT2D eigenvalue weighted by Crippen LogP contribution is 2.24. The number of ether oxygens (including phenoxy) is 1. The zero-order valence-electron chi connectivity index (χ0n) is 11.7. The van der Waals surface area contributed by atoms with Crippen LogP contribution >= 0.6 is 0 Å². The summed E-state index contributed by atoms with van der Waals surface area (Å²) in [6.45, 7) is 7.50. The summed E-state index contributed by atoms with van der Waals surface area (Å²) in [5.74, 6) is 0.487. The molecule has 6 nitrogen and oxygen atoms in total. The van der Waals surface area contributed by atoms with Gasteiger partial charge in [0.15, 0.2) is 0 Å². The Balaban J connectivity index is 2.80. The number of rotatable bonds is 3. The van der Waals surface area contributed by atoms with Crippen molar-refractivity contribution in [1.82, 2.24) is 15.1 Å². The van der Waals surface area contributed by atoms with Crippen LogP contribution in [-0.4, -0.2) is 33.8 Å². The lowest BCUT2D eigenvalue weighted by atomic mass is 10.1. The molecule has 1 heterocycles. The number of hydrogen-bond donors (Lipinski definition) is 2. The lowest BCUT2D eigenvalue weighted by molar-refractivity contribution is 0.0212. The molecule has 1 rings (SSSR count). The summed E-state index contributed by atoms with van der Waals surface area (Å²) in [5, 5.41) is 6.76. The van der Waals surface area contributed by atoms with Gasteiger partial charge >= 0.3 is 6.09 Å². The zero-order chi connectivity index (χ0) is 13.9. The molecule has 102 valence electrons. The first-order valence-corrected chi connectivity index (χ1v) is 6.01. The lowest BCUT2D eigenvalue weighted by Gasteiger charge is -2.29. The molecule has 1 amide bonds. The van der Waals surface area contributed by atoms with Crippen molar-refractivity contribution in [2.45, 2.75) is 45.8 Å². The maximum Gasteiger partial charge on any atom is 0.410 e. The van der Waals surface area contributed by atoms with Gasteiger partial charge in [-0.25, -0.2) is 4.79 Å². The van der Waals surface area contributed by atoms with E-state index in [0.29, 0.717) is 5.82 Å². The predicted octanol–water partition coefficient (Wildman–Crippen LogP) is 2.31. The van der Waals surface area contributed by atoms with E-state index in [4.69, 9.17) is 10.5 Å². The Morgan fingerprint density at radius 2 is 2.22 bits per heavy atom. The summed E-state index contributed by atoms with van der Waals surface area (Å²) in [4.78, 5) is 13.5. The standard InChI is InChI=1S/C12H22N4O2/c1-6-9(8-7-10(13)15-14-8)16(5)11(17)18-12(2,3)4/h7,9H,6H2,1-5H3,(H3,13,14,15)/t9-/m0/s1. The monoisotopic (exact) mass is 254 g/mol. The summed E-state index contributed by atoms with van der Waals surface area (Å²) >= 11 is 0. The Kier molecular flexibility index (Phi) is 4.21. The molecule has 0 fully saturated rings. The number of nitrogens with zero attached hydrogens (tertiary/aromatic N) is 2. The van der Waals surface area contributed by atoms with Crippen LogP contribution in [0.1, 0.15) is 45.9 Å². The highest BCUT2D eigenvalue weighted by molar-refractivity contribution is 5.68. The minimum absolute atomic E-state index is 0.145. The number of nitrogens with one attached hydrogen (secondary N) is 1. The van der Waals surface area contributed by atoms with Gasteiger partial charge in [0.2, 0.25) is 0 Å². The fourth-order valence-corrected chi connectivity index (χ4v) is 1.67. The van der Waals surface area contributed by atoms with E-state index in [2.05, 4.69) is 10.2 Å². The van der Waals surface area contributed by atoms with Gasteiger partial charge in [-0.1, -0.05) is 6.92 Å². The molecule has 0 radical (unpaired) electrons. The van der Waals surface area contributed by atoms with Crippen LogP contribution in [0.3, 0.4) is 0 Å². The average molecular weight is 254 g/mol. The van der Waals surface area contributed by atoms with E-state index in [9.17, 15) is 4.79 Å². The number of H-pyrrole nitrogens is 1. The van der Waals surface area contributed by atoms with Crippen LogP contribution in [0.25, 0.3) is 0 Å². The van der Waals surface area contributed by atoms with Crippen molar-refractivity contribution in [3.8, 4) is 0 Å². The van der Waals surface area contributed by atoms with Crippen molar-refractivity contribution >= 4 is 11.9 Å². The van der Waals surface area contributed by atoms with Crippen LogP contribution in [0, 0.1) is 0 Å². The molecule has 0 saturated carbocycles. The number of aromatic nitrogens is 2. The molecule has 3 N–H and O–H groups in total. The molecule has 1 aromatic heterocycles. The maximum absolute atomic E-state index is 12.0. The number of aromatic amines is 1. The van der Waals surface area contributed by atoms with E-state index in [1.807, 2.05) is 27.7 Å².